The third kappa shape index (κ3) is 4.06. The molecule has 4 aliphatic rings. The first kappa shape index (κ1) is 29.6. The number of fused-ring (bicyclic) bond motifs is 5. The summed E-state index contributed by atoms with van der Waals surface area (Å²) in [7, 11) is 0. The number of aliphatic hydroxyl groups excluding tert-OH is 1. The SMILES string of the molecule is CCC(CC)COC(=O)O[C@]1(C(=O)OCF)[C@H](C)C[C@H]2[C@@H]3C[C@H](F)C4=CC(=O)C=C[C@]4(C)[C@@]3(F)[C@@H](O)C[C@@]21C. The minimum absolute atomic E-state index is 0.0215. The van der Waals surface area contributed by atoms with Crippen molar-refractivity contribution in [3.05, 3.63) is 23.8 Å². The van der Waals surface area contributed by atoms with Gasteiger partial charge < -0.3 is 19.3 Å². The zero-order valence-corrected chi connectivity index (χ0v) is 23.2. The summed E-state index contributed by atoms with van der Waals surface area (Å²) in [5, 5.41) is 11.5. The van der Waals surface area contributed by atoms with Gasteiger partial charge in [0.05, 0.1) is 12.7 Å². The molecule has 1 N–H and O–H groups in total. The second-order valence-corrected chi connectivity index (χ2v) is 12.1. The minimum atomic E-state index is -2.38. The van der Waals surface area contributed by atoms with Gasteiger partial charge in [0.25, 0.3) is 0 Å². The van der Waals surface area contributed by atoms with Crippen LogP contribution in [-0.2, 0) is 23.8 Å². The molecule has 0 aliphatic heterocycles. The minimum Gasteiger partial charge on any atom is -0.434 e. The molecule has 0 aromatic heterocycles. The number of rotatable bonds is 7. The lowest BCUT2D eigenvalue weighted by Gasteiger charge is -2.62. The van der Waals surface area contributed by atoms with Crippen molar-refractivity contribution >= 4 is 17.9 Å². The summed E-state index contributed by atoms with van der Waals surface area (Å²) < 4.78 is 62.3. The maximum absolute atomic E-state index is 17.4. The molecule has 0 aromatic carbocycles. The van der Waals surface area contributed by atoms with Gasteiger partial charge in [-0.05, 0) is 55.7 Å². The van der Waals surface area contributed by atoms with E-state index in [1.807, 2.05) is 13.8 Å². The zero-order chi connectivity index (χ0) is 29.0. The summed E-state index contributed by atoms with van der Waals surface area (Å²) in [6.45, 7) is 7.14. The highest BCUT2D eigenvalue weighted by molar-refractivity contribution is 6.01. The Labute approximate surface area is 227 Å². The van der Waals surface area contributed by atoms with Crippen molar-refractivity contribution in [2.24, 2.45) is 34.5 Å². The van der Waals surface area contributed by atoms with E-state index in [9.17, 15) is 23.9 Å². The molecule has 10 heteroatoms. The lowest BCUT2D eigenvalue weighted by atomic mass is 9.44. The van der Waals surface area contributed by atoms with Gasteiger partial charge in [-0.15, -0.1) is 0 Å². The first-order chi connectivity index (χ1) is 18.3. The van der Waals surface area contributed by atoms with Gasteiger partial charge in [-0.25, -0.2) is 22.8 Å². The third-order valence-electron chi connectivity index (χ3n) is 10.5. The summed E-state index contributed by atoms with van der Waals surface area (Å²) in [6, 6.07) is 0. The second-order valence-electron chi connectivity index (χ2n) is 12.1. The highest BCUT2D eigenvalue weighted by atomic mass is 19.1. The number of ether oxygens (including phenoxy) is 3. The highest BCUT2D eigenvalue weighted by Crippen LogP contribution is 2.71. The molecule has 3 fully saturated rings. The molecule has 0 bridgehead atoms. The quantitative estimate of drug-likeness (QED) is 0.422. The van der Waals surface area contributed by atoms with Gasteiger partial charge in [0.1, 0.15) is 6.17 Å². The molecular weight excluding hydrogens is 517 g/mol. The van der Waals surface area contributed by atoms with Crippen LogP contribution >= 0.6 is 0 Å². The number of hydrogen-bond acceptors (Lipinski definition) is 7. The number of aliphatic hydroxyl groups is 1. The van der Waals surface area contributed by atoms with Crippen LogP contribution in [0.4, 0.5) is 18.0 Å². The fourth-order valence-corrected chi connectivity index (χ4v) is 8.25. The van der Waals surface area contributed by atoms with Gasteiger partial charge in [-0.1, -0.05) is 46.6 Å². The summed E-state index contributed by atoms with van der Waals surface area (Å²) >= 11 is 0. The van der Waals surface area contributed by atoms with Crippen LogP contribution in [0.15, 0.2) is 23.8 Å². The molecule has 3 saturated carbocycles. The summed E-state index contributed by atoms with van der Waals surface area (Å²) in [6.07, 6.45) is 0.0135. The molecule has 0 unspecified atom stereocenters. The molecule has 0 amide bonds. The van der Waals surface area contributed by atoms with Crippen LogP contribution in [0.25, 0.3) is 0 Å². The standard InChI is InChI=1S/C29H39F3O7/c1-6-17(7-2)14-37-25(36)39-29(24(35)38-15-30)16(3)10-19-20-12-22(31)21-11-18(33)8-9-26(21,4)28(20,32)23(34)13-27(19,29)5/h8-9,11,16-17,19-20,22-23,34H,6-7,10,12-15H2,1-5H3/t16-,19+,20+,22+,23+,26+,27+,28+,29+/m1/s1. The Morgan fingerprint density at radius 3 is 2.44 bits per heavy atom. The van der Waals surface area contributed by atoms with Crippen molar-refractivity contribution in [3.8, 4) is 0 Å². The fourth-order valence-electron chi connectivity index (χ4n) is 8.25. The van der Waals surface area contributed by atoms with E-state index < -0.39 is 76.9 Å². The number of halogens is 3. The number of carbonyl (C=O) groups is 3. The van der Waals surface area contributed by atoms with E-state index in [1.165, 1.54) is 19.1 Å². The Morgan fingerprint density at radius 1 is 1.15 bits per heavy atom. The van der Waals surface area contributed by atoms with Gasteiger partial charge in [0.15, 0.2) is 11.5 Å². The van der Waals surface area contributed by atoms with Gasteiger partial charge in [-0.2, -0.15) is 0 Å². The van der Waals surface area contributed by atoms with Crippen LogP contribution in [0, 0.1) is 34.5 Å². The van der Waals surface area contributed by atoms with Crippen LogP contribution in [0.3, 0.4) is 0 Å². The van der Waals surface area contributed by atoms with Gasteiger partial charge in [0, 0.05) is 22.7 Å². The van der Waals surface area contributed by atoms with Crippen molar-refractivity contribution in [1.82, 2.24) is 0 Å². The normalized spacial score (nSPS) is 42.8. The third-order valence-corrected chi connectivity index (χ3v) is 10.5. The van der Waals surface area contributed by atoms with Crippen LogP contribution in [0.1, 0.15) is 66.7 Å². The van der Waals surface area contributed by atoms with Gasteiger partial charge in [0.2, 0.25) is 12.5 Å². The smallest absolute Gasteiger partial charge is 0.434 e. The molecule has 9 atom stereocenters. The molecule has 0 aromatic rings. The van der Waals surface area contributed by atoms with Gasteiger partial charge >= 0.3 is 12.1 Å². The molecule has 39 heavy (non-hydrogen) atoms. The van der Waals surface area contributed by atoms with Crippen molar-refractivity contribution in [3.63, 3.8) is 0 Å². The van der Waals surface area contributed by atoms with Crippen molar-refractivity contribution in [2.45, 2.75) is 90.3 Å². The van der Waals surface area contributed by atoms with Crippen molar-refractivity contribution in [2.75, 3.05) is 13.5 Å². The average Bonchev–Trinajstić information content (AvgIpc) is 3.10. The Hall–Kier alpha value is -2.36. The van der Waals surface area contributed by atoms with Crippen LogP contribution in [0.5, 0.6) is 0 Å². The van der Waals surface area contributed by atoms with E-state index in [-0.39, 0.29) is 37.4 Å². The number of allylic oxidation sites excluding steroid dienone is 4. The second kappa shape index (κ2) is 10.2. The lowest BCUT2D eigenvalue weighted by Crippen LogP contribution is -2.71. The Kier molecular flexibility index (Phi) is 7.77. The first-order valence-electron chi connectivity index (χ1n) is 13.8. The molecular formula is C29H39F3O7. The van der Waals surface area contributed by atoms with Crippen LogP contribution in [-0.4, -0.2) is 60.0 Å². The van der Waals surface area contributed by atoms with Crippen LogP contribution in [0.2, 0.25) is 0 Å². The van der Waals surface area contributed by atoms with Crippen LogP contribution < -0.4 is 0 Å². The van der Waals surface area contributed by atoms with Crippen molar-refractivity contribution in [1.29, 1.82) is 0 Å². The van der Waals surface area contributed by atoms with E-state index in [2.05, 4.69) is 0 Å². The molecule has 0 heterocycles. The topological polar surface area (TPSA) is 99.1 Å². The summed E-state index contributed by atoms with van der Waals surface area (Å²) in [5.74, 6) is -4.17. The Bertz CT molecular complexity index is 1070. The fraction of sp³-hybridized carbons (Fsp3) is 0.759. The predicted octanol–water partition coefficient (Wildman–Crippen LogP) is 5.35. The number of alkyl halides is 3. The monoisotopic (exact) mass is 556 g/mol. The van der Waals surface area contributed by atoms with E-state index in [0.29, 0.717) is 0 Å². The molecule has 0 radical (unpaired) electrons. The Balaban J connectivity index is 1.77. The average molecular weight is 557 g/mol. The van der Waals surface area contributed by atoms with Gasteiger partial charge in [-0.3, -0.25) is 4.79 Å². The van der Waals surface area contributed by atoms with E-state index in [4.69, 9.17) is 14.2 Å². The number of hydrogen-bond donors (Lipinski definition) is 1. The molecule has 4 aliphatic carbocycles. The maximum atomic E-state index is 17.4. The highest BCUT2D eigenvalue weighted by Gasteiger charge is 2.79. The first-order valence-corrected chi connectivity index (χ1v) is 13.8. The maximum Gasteiger partial charge on any atom is 0.509 e. The number of esters is 1. The van der Waals surface area contributed by atoms with Crippen molar-refractivity contribution < 1.29 is 46.9 Å². The number of ketones is 1. The molecule has 218 valence electrons. The summed E-state index contributed by atoms with van der Waals surface area (Å²) in [4.78, 5) is 38.5. The predicted molar refractivity (Wildman–Crippen MR) is 134 cm³/mol. The van der Waals surface area contributed by atoms with E-state index in [1.54, 1.807) is 13.8 Å². The van der Waals surface area contributed by atoms with E-state index >= 15 is 8.78 Å². The molecule has 0 saturated heterocycles. The molecule has 0 spiro atoms. The summed E-state index contributed by atoms with van der Waals surface area (Å²) in [5.41, 5.74) is -7.53. The Morgan fingerprint density at radius 2 is 1.82 bits per heavy atom. The largest absolute Gasteiger partial charge is 0.509 e. The zero-order valence-electron chi connectivity index (χ0n) is 23.2. The lowest BCUT2D eigenvalue weighted by molar-refractivity contribution is -0.235. The molecule has 7 nitrogen and oxygen atoms in total. The molecule has 4 rings (SSSR count). The number of carbonyl (C=O) groups excluding carboxylic acids is 3. The van der Waals surface area contributed by atoms with E-state index in [0.717, 1.165) is 18.9 Å².